The minimum Gasteiger partial charge on any atom is -0.273 e. The molecule has 0 bridgehead atoms. The number of halogens is 1. The molecule has 3 rings (SSSR count). The fraction of sp³-hybridized carbons (Fsp3) is 0.333. The smallest absolute Gasteiger partial charge is 0.269 e. The highest BCUT2D eigenvalue weighted by Gasteiger charge is 2.28. The van der Waals surface area contributed by atoms with Gasteiger partial charge in [-0.1, -0.05) is 30.3 Å². The summed E-state index contributed by atoms with van der Waals surface area (Å²) in [6, 6.07) is 15.3. The minimum atomic E-state index is -3.59. The fourth-order valence-electron chi connectivity index (χ4n) is 3.48. The Morgan fingerprint density at radius 1 is 0.900 bits per heavy atom. The first-order valence-corrected chi connectivity index (χ1v) is 12.0. The van der Waals surface area contributed by atoms with Gasteiger partial charge in [0.2, 0.25) is 15.9 Å². The number of hydrazine groups is 1. The van der Waals surface area contributed by atoms with E-state index in [1.165, 1.54) is 0 Å². The maximum atomic E-state index is 12.5. The quantitative estimate of drug-likeness (QED) is 0.537. The van der Waals surface area contributed by atoms with Gasteiger partial charge in [0.25, 0.3) is 5.91 Å². The zero-order valence-electron chi connectivity index (χ0n) is 16.3. The number of benzene rings is 2. The molecule has 0 heterocycles. The van der Waals surface area contributed by atoms with E-state index >= 15 is 0 Å². The van der Waals surface area contributed by atoms with Crippen LogP contribution in [0.1, 0.15) is 36.0 Å². The number of carbonyl (C=O) groups is 2. The Bertz CT molecular complexity index is 990. The fourth-order valence-corrected chi connectivity index (χ4v) is 5.60. The van der Waals surface area contributed by atoms with Gasteiger partial charge in [-0.3, -0.25) is 20.4 Å². The highest BCUT2D eigenvalue weighted by molar-refractivity contribution is 9.10. The van der Waals surface area contributed by atoms with Crippen molar-refractivity contribution in [3.05, 3.63) is 64.6 Å². The summed E-state index contributed by atoms with van der Waals surface area (Å²) in [5.74, 6) is -0.604. The second-order valence-corrected chi connectivity index (χ2v) is 9.90. The van der Waals surface area contributed by atoms with Crippen LogP contribution in [0, 0.1) is 11.8 Å². The molecule has 0 radical (unpaired) electrons. The molecule has 0 aromatic heterocycles. The zero-order valence-corrected chi connectivity index (χ0v) is 18.7. The van der Waals surface area contributed by atoms with Gasteiger partial charge in [0, 0.05) is 22.5 Å². The van der Waals surface area contributed by atoms with Gasteiger partial charge in [-0.25, -0.2) is 13.1 Å². The molecule has 30 heavy (non-hydrogen) atoms. The molecule has 0 aliphatic heterocycles. The standard InChI is InChI=1S/C21H24BrN3O4S/c22-18-8-4-5-9-19(18)30(28,29)23-14-15-10-12-17(13-11-15)21(27)25-24-20(26)16-6-2-1-3-7-16/h1-9,15,17,23H,10-14H2,(H,24,26)(H,25,27). The van der Waals surface area contributed by atoms with Crippen molar-refractivity contribution in [3.8, 4) is 0 Å². The summed E-state index contributed by atoms with van der Waals surface area (Å²) in [4.78, 5) is 24.6. The molecule has 9 heteroatoms. The second kappa shape index (κ2) is 10.2. The summed E-state index contributed by atoms with van der Waals surface area (Å²) in [5, 5.41) is 0. The average molecular weight is 494 g/mol. The van der Waals surface area contributed by atoms with Crippen molar-refractivity contribution >= 4 is 37.8 Å². The topological polar surface area (TPSA) is 104 Å². The van der Waals surface area contributed by atoms with Crippen LogP contribution in [-0.2, 0) is 14.8 Å². The predicted octanol–water partition coefficient (Wildman–Crippen LogP) is 3.00. The van der Waals surface area contributed by atoms with Gasteiger partial charge in [-0.05, 0) is 71.8 Å². The molecule has 2 aromatic carbocycles. The van der Waals surface area contributed by atoms with Gasteiger partial charge in [0.15, 0.2) is 0 Å². The van der Waals surface area contributed by atoms with E-state index in [0.717, 1.165) is 12.8 Å². The van der Waals surface area contributed by atoms with E-state index in [1.54, 1.807) is 48.5 Å². The predicted molar refractivity (Wildman–Crippen MR) is 117 cm³/mol. The molecule has 1 aliphatic rings. The number of amides is 2. The first-order valence-electron chi connectivity index (χ1n) is 9.76. The van der Waals surface area contributed by atoms with Crippen molar-refractivity contribution in [2.75, 3.05) is 6.54 Å². The Labute approximate surface area is 184 Å². The molecule has 1 aliphatic carbocycles. The first-order chi connectivity index (χ1) is 14.4. The van der Waals surface area contributed by atoms with Crippen molar-refractivity contribution in [1.82, 2.24) is 15.6 Å². The second-order valence-electron chi connectivity index (χ2n) is 7.31. The van der Waals surface area contributed by atoms with E-state index in [1.807, 2.05) is 6.07 Å². The Balaban J connectivity index is 1.43. The van der Waals surface area contributed by atoms with E-state index in [9.17, 15) is 18.0 Å². The van der Waals surface area contributed by atoms with Crippen molar-refractivity contribution in [2.45, 2.75) is 30.6 Å². The lowest BCUT2D eigenvalue weighted by atomic mass is 9.82. The summed E-state index contributed by atoms with van der Waals surface area (Å²) >= 11 is 3.27. The molecular formula is C21H24BrN3O4S. The number of rotatable bonds is 6. The van der Waals surface area contributed by atoms with E-state index in [-0.39, 0.29) is 28.5 Å². The third-order valence-electron chi connectivity index (χ3n) is 5.24. The molecule has 0 atom stereocenters. The summed E-state index contributed by atoms with van der Waals surface area (Å²) in [5.41, 5.74) is 5.41. The van der Waals surface area contributed by atoms with Crippen LogP contribution in [0.3, 0.4) is 0 Å². The van der Waals surface area contributed by atoms with Gasteiger partial charge < -0.3 is 0 Å². The van der Waals surface area contributed by atoms with Crippen molar-refractivity contribution in [1.29, 1.82) is 0 Å². The van der Waals surface area contributed by atoms with E-state index in [0.29, 0.717) is 29.4 Å². The van der Waals surface area contributed by atoms with Crippen LogP contribution >= 0.6 is 15.9 Å². The van der Waals surface area contributed by atoms with Gasteiger partial charge in [0.1, 0.15) is 0 Å². The van der Waals surface area contributed by atoms with Crippen LogP contribution in [0.25, 0.3) is 0 Å². The normalized spacial score (nSPS) is 19.1. The largest absolute Gasteiger partial charge is 0.273 e. The molecule has 160 valence electrons. The Kier molecular flexibility index (Phi) is 7.63. The highest BCUT2D eigenvalue weighted by Crippen LogP contribution is 2.29. The number of nitrogens with one attached hydrogen (secondary N) is 3. The van der Waals surface area contributed by atoms with Crippen molar-refractivity contribution in [2.24, 2.45) is 11.8 Å². The summed E-state index contributed by atoms with van der Waals surface area (Å²) < 4.78 is 28.2. The Morgan fingerprint density at radius 2 is 1.53 bits per heavy atom. The van der Waals surface area contributed by atoms with Gasteiger partial charge in [-0.2, -0.15) is 0 Å². The van der Waals surface area contributed by atoms with Crippen LogP contribution in [0.5, 0.6) is 0 Å². The molecule has 1 saturated carbocycles. The molecule has 1 fully saturated rings. The van der Waals surface area contributed by atoms with Crippen LogP contribution in [0.4, 0.5) is 0 Å². The van der Waals surface area contributed by atoms with Crippen molar-refractivity contribution in [3.63, 3.8) is 0 Å². The van der Waals surface area contributed by atoms with Crippen molar-refractivity contribution < 1.29 is 18.0 Å². The number of hydrogen-bond donors (Lipinski definition) is 3. The summed E-state index contributed by atoms with van der Waals surface area (Å²) in [6.07, 6.45) is 2.77. The van der Waals surface area contributed by atoms with Crippen LogP contribution in [0.2, 0.25) is 0 Å². The summed E-state index contributed by atoms with van der Waals surface area (Å²) in [7, 11) is -3.59. The number of carbonyl (C=O) groups excluding carboxylic acids is 2. The lowest BCUT2D eigenvalue weighted by Crippen LogP contribution is -2.45. The number of hydrogen-bond acceptors (Lipinski definition) is 4. The lowest BCUT2D eigenvalue weighted by molar-refractivity contribution is -0.127. The SMILES string of the molecule is O=C(NNC(=O)C1CCC(CNS(=O)(=O)c2ccccc2Br)CC1)c1ccccc1. The van der Waals surface area contributed by atoms with Gasteiger partial charge in [0.05, 0.1) is 4.90 Å². The monoisotopic (exact) mass is 493 g/mol. The van der Waals surface area contributed by atoms with E-state index in [2.05, 4.69) is 31.5 Å². The average Bonchev–Trinajstić information content (AvgIpc) is 2.77. The minimum absolute atomic E-state index is 0.172. The van der Waals surface area contributed by atoms with Crippen LogP contribution in [-0.4, -0.2) is 26.8 Å². The summed E-state index contributed by atoms with van der Waals surface area (Å²) in [6.45, 7) is 0.336. The molecule has 2 aromatic rings. The van der Waals surface area contributed by atoms with Gasteiger partial charge in [-0.15, -0.1) is 0 Å². The molecule has 7 nitrogen and oxygen atoms in total. The molecule has 0 unspecified atom stereocenters. The van der Waals surface area contributed by atoms with Crippen LogP contribution in [0.15, 0.2) is 64.0 Å². The van der Waals surface area contributed by atoms with Crippen LogP contribution < -0.4 is 15.6 Å². The molecule has 0 spiro atoms. The number of sulfonamides is 1. The van der Waals surface area contributed by atoms with Gasteiger partial charge >= 0.3 is 0 Å². The van der Waals surface area contributed by atoms with E-state index < -0.39 is 10.0 Å². The zero-order chi connectivity index (χ0) is 21.6. The Morgan fingerprint density at radius 3 is 2.20 bits per heavy atom. The molecular weight excluding hydrogens is 470 g/mol. The molecule has 3 N–H and O–H groups in total. The molecule has 0 saturated heterocycles. The lowest BCUT2D eigenvalue weighted by Gasteiger charge is -2.27. The Hall–Kier alpha value is -2.23. The maximum Gasteiger partial charge on any atom is 0.269 e. The highest BCUT2D eigenvalue weighted by atomic mass is 79.9. The third-order valence-corrected chi connectivity index (χ3v) is 7.68. The first kappa shape index (κ1) is 22.5. The van der Waals surface area contributed by atoms with E-state index in [4.69, 9.17) is 0 Å². The molecule has 2 amide bonds. The third kappa shape index (κ3) is 5.90. The maximum absolute atomic E-state index is 12.5.